The molecule has 0 aliphatic carbocycles. The van der Waals surface area contributed by atoms with E-state index in [0.29, 0.717) is 18.4 Å². The van der Waals surface area contributed by atoms with Gasteiger partial charge in [0.1, 0.15) is 0 Å². The van der Waals surface area contributed by atoms with Crippen LogP contribution in [0, 0.1) is 11.8 Å². The van der Waals surface area contributed by atoms with Gasteiger partial charge in [0, 0.05) is 12.8 Å². The van der Waals surface area contributed by atoms with Gasteiger partial charge in [-0.25, -0.2) is 0 Å². The summed E-state index contributed by atoms with van der Waals surface area (Å²) in [6.45, 7) is 10.8. The summed E-state index contributed by atoms with van der Waals surface area (Å²) in [5.41, 5.74) is 2.47. The third kappa shape index (κ3) is 6.06. The Bertz CT molecular complexity index is 617. The Kier molecular flexibility index (Phi) is 7.84. The predicted molar refractivity (Wildman–Crippen MR) is 107 cm³/mol. The number of methoxy groups -OCH3 is 1. The van der Waals surface area contributed by atoms with Crippen molar-refractivity contribution in [2.75, 3.05) is 26.7 Å². The molecule has 0 unspecified atom stereocenters. The summed E-state index contributed by atoms with van der Waals surface area (Å²) >= 11 is 0. The zero-order valence-electron chi connectivity index (χ0n) is 17.4. The summed E-state index contributed by atoms with van der Waals surface area (Å²) in [5.74, 6) is 0.766. The number of ether oxygens (including phenoxy) is 1. The predicted octanol–water partition coefficient (Wildman–Crippen LogP) is 2.09. The van der Waals surface area contributed by atoms with E-state index in [4.69, 9.17) is 4.74 Å². The zero-order chi connectivity index (χ0) is 20.0. The van der Waals surface area contributed by atoms with Crippen molar-refractivity contribution in [1.82, 2.24) is 5.32 Å². The van der Waals surface area contributed by atoms with Gasteiger partial charge >= 0.3 is 5.97 Å². The lowest BCUT2D eigenvalue weighted by Crippen LogP contribution is -3.14. The number of esters is 1. The first-order valence-corrected chi connectivity index (χ1v) is 10.1. The van der Waals surface area contributed by atoms with Crippen LogP contribution in [0.2, 0.25) is 0 Å². The normalized spacial score (nSPS) is 21.1. The van der Waals surface area contributed by atoms with E-state index >= 15 is 0 Å². The molecule has 150 valence electrons. The fourth-order valence-corrected chi connectivity index (χ4v) is 3.78. The Morgan fingerprint density at radius 3 is 2.11 bits per heavy atom. The highest BCUT2D eigenvalue weighted by Crippen LogP contribution is 2.24. The summed E-state index contributed by atoms with van der Waals surface area (Å²) in [5, 5.41) is 3.22. The van der Waals surface area contributed by atoms with E-state index in [9.17, 15) is 9.59 Å². The number of nitrogens with one attached hydrogen (secondary N) is 2. The first-order valence-electron chi connectivity index (χ1n) is 10.1. The molecule has 0 radical (unpaired) electrons. The molecule has 2 N–H and O–H groups in total. The number of benzene rings is 1. The number of carbonyl (C=O) groups excluding carboxylic acids is 2. The van der Waals surface area contributed by atoms with E-state index in [2.05, 4.69) is 57.3 Å². The maximum Gasteiger partial charge on any atom is 0.309 e. The molecule has 1 heterocycles. The fourth-order valence-electron chi connectivity index (χ4n) is 3.78. The zero-order valence-corrected chi connectivity index (χ0v) is 17.4. The minimum absolute atomic E-state index is 0.00954. The third-order valence-electron chi connectivity index (χ3n) is 5.58. The topological polar surface area (TPSA) is 59.8 Å². The molecule has 2 rings (SSSR count). The van der Waals surface area contributed by atoms with Gasteiger partial charge in [-0.05, 0) is 23.0 Å². The van der Waals surface area contributed by atoms with Gasteiger partial charge in [-0.1, -0.05) is 52.0 Å². The van der Waals surface area contributed by atoms with Crippen molar-refractivity contribution < 1.29 is 19.2 Å². The highest BCUT2D eigenvalue weighted by Gasteiger charge is 2.29. The van der Waals surface area contributed by atoms with Gasteiger partial charge in [-0.3, -0.25) is 9.59 Å². The lowest BCUT2D eigenvalue weighted by Gasteiger charge is -2.29. The molecule has 1 aliphatic rings. The smallest absolute Gasteiger partial charge is 0.309 e. The van der Waals surface area contributed by atoms with Crippen LogP contribution in [-0.4, -0.2) is 38.6 Å². The molecule has 27 heavy (non-hydrogen) atoms. The molecule has 1 aromatic carbocycles. The minimum Gasteiger partial charge on any atom is -0.469 e. The van der Waals surface area contributed by atoms with Gasteiger partial charge in [0.15, 0.2) is 6.54 Å². The van der Waals surface area contributed by atoms with E-state index in [-0.39, 0.29) is 23.8 Å². The Hall–Kier alpha value is -1.88. The van der Waals surface area contributed by atoms with Gasteiger partial charge in [-0.15, -0.1) is 0 Å². The molecule has 1 saturated heterocycles. The first kappa shape index (κ1) is 21.4. The second-order valence-electron chi connectivity index (χ2n) is 8.33. The number of hydrogen-bond donors (Lipinski definition) is 2. The number of quaternary nitrogens is 1. The van der Waals surface area contributed by atoms with Crippen LogP contribution in [-0.2, 0) is 14.3 Å². The molecule has 0 aromatic heterocycles. The van der Waals surface area contributed by atoms with Crippen molar-refractivity contribution in [3.05, 3.63) is 35.4 Å². The Balaban J connectivity index is 1.91. The van der Waals surface area contributed by atoms with Crippen LogP contribution in [0.3, 0.4) is 0 Å². The van der Waals surface area contributed by atoms with E-state index < -0.39 is 0 Å². The molecule has 1 aromatic rings. The molecule has 1 aliphatic heterocycles. The Morgan fingerprint density at radius 2 is 1.63 bits per heavy atom. The highest BCUT2D eigenvalue weighted by atomic mass is 16.5. The van der Waals surface area contributed by atoms with Gasteiger partial charge in [0.2, 0.25) is 0 Å². The van der Waals surface area contributed by atoms with Crippen LogP contribution in [0.5, 0.6) is 0 Å². The van der Waals surface area contributed by atoms with E-state index in [1.54, 1.807) is 0 Å². The van der Waals surface area contributed by atoms with E-state index in [1.807, 2.05) is 0 Å². The van der Waals surface area contributed by atoms with Crippen LogP contribution < -0.4 is 10.2 Å². The third-order valence-corrected chi connectivity index (χ3v) is 5.58. The van der Waals surface area contributed by atoms with Crippen LogP contribution in [0.1, 0.15) is 63.6 Å². The van der Waals surface area contributed by atoms with Crippen molar-refractivity contribution in [2.24, 2.45) is 11.8 Å². The maximum absolute atomic E-state index is 12.6. The molecule has 5 nitrogen and oxygen atoms in total. The average Bonchev–Trinajstić information content (AvgIpc) is 2.66. The van der Waals surface area contributed by atoms with Crippen LogP contribution >= 0.6 is 0 Å². The second-order valence-corrected chi connectivity index (χ2v) is 8.33. The number of amides is 1. The van der Waals surface area contributed by atoms with Gasteiger partial charge < -0.3 is 15.0 Å². The summed E-state index contributed by atoms with van der Waals surface area (Å²) < 4.78 is 4.83. The Labute approximate surface area is 163 Å². The van der Waals surface area contributed by atoms with Crippen LogP contribution in [0.15, 0.2) is 24.3 Å². The molecule has 0 bridgehead atoms. The molecule has 0 spiro atoms. The minimum atomic E-state index is -0.122. The molecule has 1 amide bonds. The number of rotatable bonds is 7. The highest BCUT2D eigenvalue weighted by molar-refractivity contribution is 5.77. The summed E-state index contributed by atoms with van der Waals surface area (Å²) in [6, 6.07) is 8.60. The van der Waals surface area contributed by atoms with E-state index in [0.717, 1.165) is 31.5 Å². The first-order chi connectivity index (χ1) is 12.8. The second kappa shape index (κ2) is 9.88. The van der Waals surface area contributed by atoms with Crippen molar-refractivity contribution in [1.29, 1.82) is 0 Å². The van der Waals surface area contributed by atoms with Crippen molar-refractivity contribution >= 4 is 11.9 Å². The SMILES string of the molecule is COC(=O)C1CC[NH+](CC(=O)N[C@@H](c2ccc(C(C)C)cc2)C(C)C)CC1. The standard InChI is InChI=1S/C22H34N2O3/c1-15(2)17-6-8-18(9-7-17)21(16(3)4)23-20(25)14-24-12-10-19(11-13-24)22(26)27-5/h6-9,15-16,19,21H,10-14H2,1-5H3,(H,23,25)/p+1/t21-/m1/s1. The number of likely N-dealkylation sites (tertiary alicyclic amines) is 1. The number of carbonyl (C=O) groups is 2. The summed E-state index contributed by atoms with van der Waals surface area (Å²) in [6.07, 6.45) is 1.58. The van der Waals surface area contributed by atoms with Crippen molar-refractivity contribution in [2.45, 2.75) is 52.5 Å². The molecule has 5 heteroatoms. The maximum atomic E-state index is 12.6. The summed E-state index contributed by atoms with van der Waals surface area (Å²) in [4.78, 5) is 25.5. The number of hydrogen-bond acceptors (Lipinski definition) is 3. The summed E-state index contributed by atoms with van der Waals surface area (Å²) in [7, 11) is 1.44. The van der Waals surface area contributed by atoms with Crippen molar-refractivity contribution in [3.8, 4) is 0 Å². The van der Waals surface area contributed by atoms with Gasteiger partial charge in [-0.2, -0.15) is 0 Å². The Morgan fingerprint density at radius 1 is 1.07 bits per heavy atom. The quantitative estimate of drug-likeness (QED) is 0.718. The van der Waals surface area contributed by atoms with E-state index in [1.165, 1.54) is 17.6 Å². The molecule has 1 fully saturated rings. The molecule has 0 saturated carbocycles. The monoisotopic (exact) mass is 375 g/mol. The molecular formula is C22H35N2O3+. The number of piperidine rings is 1. The molecular weight excluding hydrogens is 340 g/mol. The average molecular weight is 376 g/mol. The van der Waals surface area contributed by atoms with Crippen LogP contribution in [0.4, 0.5) is 0 Å². The van der Waals surface area contributed by atoms with Gasteiger partial charge in [0.25, 0.3) is 5.91 Å². The lowest BCUT2D eigenvalue weighted by atomic mass is 9.93. The largest absolute Gasteiger partial charge is 0.469 e. The lowest BCUT2D eigenvalue weighted by molar-refractivity contribution is -0.897. The fraction of sp³-hybridized carbons (Fsp3) is 0.636. The molecule has 1 atom stereocenters. The van der Waals surface area contributed by atoms with Gasteiger partial charge in [0.05, 0.1) is 32.2 Å². The van der Waals surface area contributed by atoms with Crippen LogP contribution in [0.25, 0.3) is 0 Å². The van der Waals surface area contributed by atoms with Crippen molar-refractivity contribution in [3.63, 3.8) is 0 Å².